The van der Waals surface area contributed by atoms with Crippen LogP contribution in [-0.2, 0) is 15.6 Å². The maximum Gasteiger partial charge on any atom is 0.325 e. The molecule has 0 unspecified atom stereocenters. The lowest BCUT2D eigenvalue weighted by atomic mass is 9.95. The van der Waals surface area contributed by atoms with Gasteiger partial charge in [-0.15, -0.1) is 11.8 Å². The minimum atomic E-state index is -3.99. The summed E-state index contributed by atoms with van der Waals surface area (Å²) in [6.07, 6.45) is 6.43. The average Bonchev–Trinajstić information content (AvgIpc) is 3.75. The van der Waals surface area contributed by atoms with Crippen LogP contribution < -0.4 is 15.4 Å². The van der Waals surface area contributed by atoms with Crippen molar-refractivity contribution in [3.8, 4) is 5.75 Å². The minimum absolute atomic E-state index is 0.0114. The number of aromatic amines is 1. The standard InChI is InChI=1S/C27H27N5O5S3/c1-37-18-11-12-21(20(15-18)23(33)17-7-5-6-8-17)30-25(34)32-26-31-22(16-38-19-9-3-2-4-10-19)24(39-26)40(35,36)27-28-13-14-29-27/h2-4,9-15,17H,5-8,16H2,1H3,(H,28,29)(H2,30,31,32,34). The van der Waals surface area contributed by atoms with Crippen LogP contribution in [0.1, 0.15) is 41.7 Å². The third kappa shape index (κ3) is 6.21. The number of carbonyl (C=O) groups excluding carboxylic acids is 2. The van der Waals surface area contributed by atoms with Gasteiger partial charge in [0, 0.05) is 34.5 Å². The summed E-state index contributed by atoms with van der Waals surface area (Å²) in [6.45, 7) is 0. The van der Waals surface area contributed by atoms with Gasteiger partial charge in [-0.1, -0.05) is 42.4 Å². The number of aromatic nitrogens is 3. The molecule has 1 aliphatic carbocycles. The second kappa shape index (κ2) is 12.2. The predicted octanol–water partition coefficient (Wildman–Crippen LogP) is 6.02. The number of H-pyrrole nitrogens is 1. The summed E-state index contributed by atoms with van der Waals surface area (Å²) in [5.41, 5.74) is 1.02. The van der Waals surface area contributed by atoms with Gasteiger partial charge in [0.15, 0.2) is 15.1 Å². The van der Waals surface area contributed by atoms with Gasteiger partial charge in [0.2, 0.25) is 5.16 Å². The summed E-state index contributed by atoms with van der Waals surface area (Å²) < 4.78 is 31.9. The van der Waals surface area contributed by atoms with E-state index in [1.807, 2.05) is 30.3 Å². The number of hydrogen-bond acceptors (Lipinski definition) is 9. The number of anilines is 2. The topological polar surface area (TPSA) is 143 Å². The van der Waals surface area contributed by atoms with Gasteiger partial charge in [-0.3, -0.25) is 10.1 Å². The zero-order valence-corrected chi connectivity index (χ0v) is 24.0. The first-order chi connectivity index (χ1) is 19.3. The van der Waals surface area contributed by atoms with Crippen molar-refractivity contribution in [3.05, 3.63) is 72.2 Å². The second-order valence-corrected chi connectivity index (χ2v) is 13.2. The van der Waals surface area contributed by atoms with Crippen LogP contribution in [-0.4, -0.2) is 42.3 Å². The van der Waals surface area contributed by atoms with Crippen molar-refractivity contribution < 1.29 is 22.7 Å². The van der Waals surface area contributed by atoms with Crippen LogP contribution in [0.25, 0.3) is 0 Å². The van der Waals surface area contributed by atoms with Gasteiger partial charge in [-0.2, -0.15) is 0 Å². The molecule has 0 radical (unpaired) electrons. The molecule has 40 heavy (non-hydrogen) atoms. The molecule has 0 atom stereocenters. The molecule has 0 saturated heterocycles. The number of imidazole rings is 1. The van der Waals surface area contributed by atoms with Crippen molar-refractivity contribution in [3.63, 3.8) is 0 Å². The monoisotopic (exact) mass is 597 g/mol. The summed E-state index contributed by atoms with van der Waals surface area (Å²) in [5.74, 6) is 0.653. The van der Waals surface area contributed by atoms with Gasteiger partial charge in [-0.05, 0) is 43.2 Å². The molecule has 2 aromatic heterocycles. The first-order valence-electron chi connectivity index (χ1n) is 12.6. The number of benzene rings is 2. The van der Waals surface area contributed by atoms with E-state index in [1.165, 1.54) is 31.3 Å². The number of urea groups is 1. The molecule has 2 heterocycles. The molecular weight excluding hydrogens is 571 g/mol. The molecule has 1 saturated carbocycles. The van der Waals surface area contributed by atoms with Crippen molar-refractivity contribution in [1.29, 1.82) is 0 Å². The number of methoxy groups -OCH3 is 1. The van der Waals surface area contributed by atoms with E-state index in [4.69, 9.17) is 4.74 Å². The van der Waals surface area contributed by atoms with Crippen molar-refractivity contribution in [1.82, 2.24) is 15.0 Å². The Balaban J connectivity index is 1.39. The smallest absolute Gasteiger partial charge is 0.325 e. The summed E-state index contributed by atoms with van der Waals surface area (Å²) in [4.78, 5) is 38.2. The van der Waals surface area contributed by atoms with Crippen molar-refractivity contribution >= 4 is 55.6 Å². The molecule has 10 nitrogen and oxygen atoms in total. The molecule has 2 amide bonds. The lowest BCUT2D eigenvalue weighted by Crippen LogP contribution is -2.22. The Kier molecular flexibility index (Phi) is 8.52. The number of sulfone groups is 1. The zero-order chi connectivity index (χ0) is 28.1. The quantitative estimate of drug-likeness (QED) is 0.149. The van der Waals surface area contributed by atoms with Crippen molar-refractivity contribution in [2.45, 2.75) is 45.7 Å². The van der Waals surface area contributed by atoms with E-state index in [2.05, 4.69) is 25.6 Å². The first kappa shape index (κ1) is 27.9. The summed E-state index contributed by atoms with van der Waals surface area (Å²) in [6, 6.07) is 13.8. The summed E-state index contributed by atoms with van der Waals surface area (Å²) in [5, 5.41) is 5.27. The van der Waals surface area contributed by atoms with E-state index in [-0.39, 0.29) is 32.0 Å². The minimum Gasteiger partial charge on any atom is -0.497 e. The van der Waals surface area contributed by atoms with E-state index >= 15 is 0 Å². The fourth-order valence-corrected chi connectivity index (χ4v) is 8.16. The number of nitrogens with zero attached hydrogens (tertiary/aromatic N) is 2. The lowest BCUT2D eigenvalue weighted by molar-refractivity contribution is 0.0923. The Morgan fingerprint density at radius 2 is 1.90 bits per heavy atom. The van der Waals surface area contributed by atoms with Gasteiger partial charge in [0.05, 0.1) is 18.5 Å². The van der Waals surface area contributed by atoms with Gasteiger partial charge < -0.3 is 15.0 Å². The fraction of sp³-hybridized carbons (Fsp3) is 0.259. The summed E-state index contributed by atoms with van der Waals surface area (Å²) in [7, 11) is -2.48. The van der Waals surface area contributed by atoms with Crippen LogP contribution in [0.5, 0.6) is 5.75 Å². The molecule has 4 aromatic rings. The van der Waals surface area contributed by atoms with E-state index in [1.54, 1.807) is 18.2 Å². The molecular formula is C27H27N5O5S3. The highest BCUT2D eigenvalue weighted by molar-refractivity contribution is 7.98. The van der Waals surface area contributed by atoms with Crippen molar-refractivity contribution in [2.75, 3.05) is 17.7 Å². The molecule has 3 N–H and O–H groups in total. The largest absolute Gasteiger partial charge is 0.497 e. The highest BCUT2D eigenvalue weighted by Crippen LogP contribution is 2.36. The molecule has 2 aromatic carbocycles. The normalized spacial score (nSPS) is 13.7. The SMILES string of the molecule is COc1ccc(NC(=O)Nc2nc(CSc3ccccc3)c(S(=O)(=O)c3ncc[nH]3)s2)c(C(=O)C2CCCC2)c1. The number of nitrogens with one attached hydrogen (secondary N) is 3. The van der Waals surface area contributed by atoms with Crippen LogP contribution >= 0.6 is 23.1 Å². The lowest BCUT2D eigenvalue weighted by Gasteiger charge is -2.15. The Morgan fingerprint density at radius 3 is 2.60 bits per heavy atom. The maximum atomic E-state index is 13.3. The molecule has 5 rings (SSSR count). The Bertz CT molecular complexity index is 1600. The maximum absolute atomic E-state index is 13.3. The zero-order valence-electron chi connectivity index (χ0n) is 21.5. The average molecular weight is 598 g/mol. The number of thioether (sulfide) groups is 1. The number of hydrogen-bond donors (Lipinski definition) is 3. The third-order valence-electron chi connectivity index (χ3n) is 6.44. The number of ketones is 1. The van der Waals surface area contributed by atoms with E-state index in [0.717, 1.165) is 41.9 Å². The molecule has 208 valence electrons. The van der Waals surface area contributed by atoms with Crippen LogP contribution in [0.2, 0.25) is 0 Å². The number of amides is 2. The van der Waals surface area contributed by atoms with Gasteiger partial charge >= 0.3 is 6.03 Å². The fourth-order valence-electron chi connectivity index (χ4n) is 4.47. The first-order valence-corrected chi connectivity index (χ1v) is 15.9. The highest BCUT2D eigenvalue weighted by Gasteiger charge is 2.30. The highest BCUT2D eigenvalue weighted by atomic mass is 32.2. The molecule has 0 aliphatic heterocycles. The number of carbonyl (C=O) groups is 2. The van der Waals surface area contributed by atoms with Crippen LogP contribution in [0.4, 0.5) is 15.6 Å². The van der Waals surface area contributed by atoms with Crippen LogP contribution in [0.3, 0.4) is 0 Å². The molecule has 1 aliphatic rings. The van der Waals surface area contributed by atoms with E-state index in [0.29, 0.717) is 22.7 Å². The van der Waals surface area contributed by atoms with E-state index < -0.39 is 15.9 Å². The molecule has 0 spiro atoms. The molecule has 13 heteroatoms. The van der Waals surface area contributed by atoms with Gasteiger partial charge in [0.1, 0.15) is 5.75 Å². The van der Waals surface area contributed by atoms with Crippen LogP contribution in [0, 0.1) is 5.92 Å². The molecule has 1 fully saturated rings. The van der Waals surface area contributed by atoms with E-state index in [9.17, 15) is 18.0 Å². The Morgan fingerprint density at radius 1 is 1.12 bits per heavy atom. The van der Waals surface area contributed by atoms with Crippen LogP contribution in [0.15, 0.2) is 75.2 Å². The number of ether oxygens (including phenoxy) is 1. The van der Waals surface area contributed by atoms with Crippen molar-refractivity contribution in [2.24, 2.45) is 5.92 Å². The number of thiazole rings is 1. The Hall–Kier alpha value is -3.68. The number of rotatable bonds is 10. The van der Waals surface area contributed by atoms with Gasteiger partial charge in [-0.25, -0.2) is 23.2 Å². The Labute approximate surface area is 239 Å². The van der Waals surface area contributed by atoms with Gasteiger partial charge in [0.25, 0.3) is 9.84 Å². The predicted molar refractivity (Wildman–Crippen MR) is 154 cm³/mol. The molecule has 0 bridgehead atoms. The third-order valence-corrected chi connectivity index (χ3v) is 10.6. The second-order valence-electron chi connectivity index (χ2n) is 9.09. The summed E-state index contributed by atoms with van der Waals surface area (Å²) >= 11 is 2.27. The number of Topliss-reactive ketones (excluding diaryl/α,β-unsaturated/α-hetero) is 1.